The van der Waals surface area contributed by atoms with E-state index in [2.05, 4.69) is 20.0 Å². The standard InChI is InChI=1S/C27H25F3N6O2/c1-15(36-25-21(35-26(36)31)10-19(12-33-25)22-13-32-16(2)34-22)18-6-9-23(24(11-18)37-3)38-14-17-4-7-20(8-5-17)27(28,29)30/h4-13,15-16H,14H2,1-3H3,(H2,31,35)/t15-,16?/m0/s1. The number of nitrogens with two attached hydrogens (primary N) is 1. The van der Waals surface area contributed by atoms with Crippen molar-refractivity contribution in [3.05, 3.63) is 77.0 Å². The maximum atomic E-state index is 12.8. The molecule has 0 fully saturated rings. The topological polar surface area (TPSA) is 99.9 Å². The Morgan fingerprint density at radius 2 is 1.84 bits per heavy atom. The second-order valence-electron chi connectivity index (χ2n) is 8.90. The van der Waals surface area contributed by atoms with Crippen molar-refractivity contribution in [3.8, 4) is 11.5 Å². The third kappa shape index (κ3) is 4.91. The van der Waals surface area contributed by atoms with Crippen LogP contribution < -0.4 is 15.2 Å². The fourth-order valence-corrected chi connectivity index (χ4v) is 4.28. The Morgan fingerprint density at radius 3 is 2.50 bits per heavy atom. The fourth-order valence-electron chi connectivity index (χ4n) is 4.28. The van der Waals surface area contributed by atoms with Crippen molar-refractivity contribution in [1.29, 1.82) is 0 Å². The first-order chi connectivity index (χ1) is 18.1. The third-order valence-electron chi connectivity index (χ3n) is 6.32. The van der Waals surface area contributed by atoms with Crippen molar-refractivity contribution in [2.24, 2.45) is 9.98 Å². The summed E-state index contributed by atoms with van der Waals surface area (Å²) in [5.41, 5.74) is 9.92. The van der Waals surface area contributed by atoms with Gasteiger partial charge in [0.1, 0.15) is 18.3 Å². The maximum Gasteiger partial charge on any atom is 0.416 e. The fraction of sp³-hybridized carbons (Fsp3) is 0.259. The van der Waals surface area contributed by atoms with Gasteiger partial charge in [0, 0.05) is 18.0 Å². The Balaban J connectivity index is 1.36. The van der Waals surface area contributed by atoms with Gasteiger partial charge >= 0.3 is 6.18 Å². The Kier molecular flexibility index (Phi) is 6.52. The molecule has 5 rings (SSSR count). The number of benzene rings is 2. The zero-order valence-electron chi connectivity index (χ0n) is 20.9. The number of rotatable bonds is 7. The Labute approximate surface area is 216 Å². The highest BCUT2D eigenvalue weighted by atomic mass is 19.4. The summed E-state index contributed by atoms with van der Waals surface area (Å²) in [5, 5.41) is 0. The van der Waals surface area contributed by atoms with Gasteiger partial charge in [-0.15, -0.1) is 0 Å². The molecule has 2 N–H and O–H groups in total. The lowest BCUT2D eigenvalue weighted by Crippen LogP contribution is -2.11. The van der Waals surface area contributed by atoms with E-state index < -0.39 is 11.7 Å². The SMILES string of the molecule is COc1cc([C@H](C)n2c(N)nc3cc(C4=NC(C)N=C4)cnc32)ccc1OCc1ccc(C(F)(F)F)cc1. The Hall–Kier alpha value is -4.41. The molecule has 38 heavy (non-hydrogen) atoms. The second kappa shape index (κ2) is 9.81. The lowest BCUT2D eigenvalue weighted by atomic mass is 10.1. The molecule has 196 valence electrons. The van der Waals surface area contributed by atoms with Crippen LogP contribution in [0, 0.1) is 0 Å². The molecule has 0 aliphatic carbocycles. The summed E-state index contributed by atoms with van der Waals surface area (Å²) < 4.78 is 51.6. The molecule has 3 heterocycles. The predicted molar refractivity (Wildman–Crippen MR) is 139 cm³/mol. The molecule has 0 spiro atoms. The van der Waals surface area contributed by atoms with Gasteiger partial charge in [0.25, 0.3) is 0 Å². The Morgan fingerprint density at radius 1 is 1.08 bits per heavy atom. The molecule has 2 aromatic heterocycles. The number of fused-ring (bicyclic) bond motifs is 1. The summed E-state index contributed by atoms with van der Waals surface area (Å²) in [4.78, 5) is 17.9. The van der Waals surface area contributed by atoms with Gasteiger partial charge in [-0.25, -0.2) is 9.97 Å². The second-order valence-corrected chi connectivity index (χ2v) is 8.90. The largest absolute Gasteiger partial charge is 0.493 e. The van der Waals surface area contributed by atoms with Gasteiger partial charge in [-0.05, 0) is 55.3 Å². The van der Waals surface area contributed by atoms with Crippen LogP contribution in [0.4, 0.5) is 19.1 Å². The molecule has 1 unspecified atom stereocenters. The molecule has 2 aromatic carbocycles. The number of anilines is 1. The summed E-state index contributed by atoms with van der Waals surface area (Å²) in [7, 11) is 1.52. The van der Waals surface area contributed by atoms with Gasteiger partial charge in [-0.2, -0.15) is 13.2 Å². The van der Waals surface area contributed by atoms with Crippen LogP contribution in [-0.2, 0) is 12.8 Å². The number of hydrogen-bond acceptors (Lipinski definition) is 7. The number of ether oxygens (including phenoxy) is 2. The van der Waals surface area contributed by atoms with Crippen LogP contribution in [0.1, 0.15) is 42.1 Å². The van der Waals surface area contributed by atoms with Crippen molar-refractivity contribution < 1.29 is 22.6 Å². The smallest absolute Gasteiger partial charge is 0.416 e. The molecule has 8 nitrogen and oxygen atoms in total. The highest BCUT2D eigenvalue weighted by molar-refractivity contribution is 6.39. The number of aromatic nitrogens is 3. The van der Waals surface area contributed by atoms with E-state index in [1.165, 1.54) is 19.2 Å². The van der Waals surface area contributed by atoms with Gasteiger partial charge in [0.2, 0.25) is 5.95 Å². The summed E-state index contributed by atoms with van der Waals surface area (Å²) in [5.74, 6) is 1.25. The van der Waals surface area contributed by atoms with Crippen LogP contribution in [0.15, 0.2) is 64.7 Å². The van der Waals surface area contributed by atoms with Crippen LogP contribution in [0.3, 0.4) is 0 Å². The lowest BCUT2D eigenvalue weighted by Gasteiger charge is -2.18. The highest BCUT2D eigenvalue weighted by Gasteiger charge is 2.30. The normalized spacial score (nSPS) is 16.1. The minimum Gasteiger partial charge on any atom is -0.493 e. The molecule has 0 bridgehead atoms. The number of halogens is 3. The van der Waals surface area contributed by atoms with E-state index in [1.807, 2.05) is 36.6 Å². The zero-order valence-corrected chi connectivity index (χ0v) is 20.9. The van der Waals surface area contributed by atoms with Gasteiger partial charge < -0.3 is 15.2 Å². The first kappa shape index (κ1) is 25.2. The van der Waals surface area contributed by atoms with E-state index in [9.17, 15) is 13.2 Å². The van der Waals surface area contributed by atoms with Gasteiger partial charge in [0.15, 0.2) is 17.1 Å². The average Bonchev–Trinajstić information content (AvgIpc) is 3.48. The van der Waals surface area contributed by atoms with Crippen molar-refractivity contribution in [1.82, 2.24) is 14.5 Å². The summed E-state index contributed by atoms with van der Waals surface area (Å²) in [6, 6.07) is 12.0. The molecule has 0 saturated heterocycles. The number of pyridine rings is 1. The van der Waals surface area contributed by atoms with Crippen molar-refractivity contribution in [2.45, 2.75) is 38.8 Å². The number of nitrogens with zero attached hydrogens (tertiary/aromatic N) is 5. The van der Waals surface area contributed by atoms with Gasteiger partial charge in [-0.3, -0.25) is 14.6 Å². The molecule has 0 amide bonds. The zero-order chi connectivity index (χ0) is 27.0. The molecule has 1 aliphatic heterocycles. The van der Waals surface area contributed by atoms with Crippen molar-refractivity contribution >= 4 is 29.0 Å². The van der Waals surface area contributed by atoms with Crippen LogP contribution >= 0.6 is 0 Å². The van der Waals surface area contributed by atoms with E-state index in [0.717, 1.165) is 29.0 Å². The summed E-state index contributed by atoms with van der Waals surface area (Å²) in [6.07, 6.45) is -1.03. The molecule has 0 radical (unpaired) electrons. The predicted octanol–water partition coefficient (Wildman–Crippen LogP) is 5.45. The van der Waals surface area contributed by atoms with Gasteiger partial charge in [-0.1, -0.05) is 18.2 Å². The maximum absolute atomic E-state index is 12.8. The number of methoxy groups -OCH3 is 1. The van der Waals surface area contributed by atoms with Crippen LogP contribution in [0.5, 0.6) is 11.5 Å². The monoisotopic (exact) mass is 522 g/mol. The lowest BCUT2D eigenvalue weighted by molar-refractivity contribution is -0.137. The minimum absolute atomic E-state index is 0.0868. The number of imidazole rings is 1. The Bertz CT molecular complexity index is 1540. The molecular formula is C27H25F3N6O2. The number of aliphatic imine (C=N–C) groups is 2. The number of nitrogen functional groups attached to an aromatic ring is 1. The molecule has 1 aliphatic rings. The van der Waals surface area contributed by atoms with E-state index >= 15 is 0 Å². The molecule has 4 aromatic rings. The summed E-state index contributed by atoms with van der Waals surface area (Å²) in [6.45, 7) is 3.96. The van der Waals surface area contributed by atoms with E-state index in [0.29, 0.717) is 34.2 Å². The molecule has 2 atom stereocenters. The molecular weight excluding hydrogens is 497 g/mol. The van der Waals surface area contributed by atoms with E-state index in [1.54, 1.807) is 18.5 Å². The minimum atomic E-state index is -4.38. The van der Waals surface area contributed by atoms with Gasteiger partial charge in [0.05, 0.1) is 24.4 Å². The molecule has 11 heteroatoms. The number of hydrogen-bond donors (Lipinski definition) is 1. The molecule has 0 saturated carbocycles. The summed E-state index contributed by atoms with van der Waals surface area (Å²) >= 11 is 0. The third-order valence-corrected chi connectivity index (χ3v) is 6.32. The van der Waals surface area contributed by atoms with Crippen LogP contribution in [0.25, 0.3) is 11.2 Å². The first-order valence-electron chi connectivity index (χ1n) is 11.9. The van der Waals surface area contributed by atoms with Crippen LogP contribution in [-0.4, -0.2) is 39.7 Å². The first-order valence-corrected chi connectivity index (χ1v) is 11.9. The van der Waals surface area contributed by atoms with Crippen LogP contribution in [0.2, 0.25) is 0 Å². The van der Waals surface area contributed by atoms with E-state index in [4.69, 9.17) is 15.2 Å². The van der Waals surface area contributed by atoms with E-state index in [-0.39, 0.29) is 18.8 Å². The quantitative estimate of drug-likeness (QED) is 0.348. The number of alkyl halides is 3. The average molecular weight is 523 g/mol. The van der Waals surface area contributed by atoms with Crippen molar-refractivity contribution in [3.63, 3.8) is 0 Å². The van der Waals surface area contributed by atoms with Crippen molar-refractivity contribution in [2.75, 3.05) is 12.8 Å². The highest BCUT2D eigenvalue weighted by Crippen LogP contribution is 2.34.